The molecule has 2 aromatic carbocycles. The first-order chi connectivity index (χ1) is 22.1. The summed E-state index contributed by atoms with van der Waals surface area (Å²) in [4.78, 5) is 26.9. The number of rotatable bonds is 7. The first kappa shape index (κ1) is 37.5. The number of methoxy groups -OCH3 is 2. The molecular formula is C40H52O6S2. The van der Waals surface area contributed by atoms with Crippen LogP contribution in [-0.4, -0.2) is 39.2 Å². The maximum Gasteiger partial charge on any atom is 0.348 e. The minimum Gasteiger partial charge on any atom is -0.497 e. The molecule has 48 heavy (non-hydrogen) atoms. The molecule has 6 nitrogen and oxygen atoms in total. The van der Waals surface area contributed by atoms with Crippen molar-refractivity contribution in [3.8, 4) is 11.5 Å². The summed E-state index contributed by atoms with van der Waals surface area (Å²) in [5, 5.41) is 2.25. The second kappa shape index (κ2) is 13.5. The van der Waals surface area contributed by atoms with Crippen molar-refractivity contribution >= 4 is 60.4 Å². The van der Waals surface area contributed by atoms with Crippen LogP contribution in [0.15, 0.2) is 42.0 Å². The molecule has 0 spiro atoms. The Bertz CT molecular complexity index is 1870. The molecule has 0 amide bonds. The number of benzene rings is 2. The quantitative estimate of drug-likeness (QED) is 0.180. The van der Waals surface area contributed by atoms with Crippen LogP contribution in [0.2, 0.25) is 0 Å². The molecule has 0 aliphatic carbocycles. The number of ether oxygens (including phenoxy) is 4. The van der Waals surface area contributed by atoms with Gasteiger partial charge in [0.15, 0.2) is 0 Å². The van der Waals surface area contributed by atoms with E-state index in [1.807, 2.05) is 77.1 Å². The van der Waals surface area contributed by atoms with Gasteiger partial charge in [0, 0.05) is 20.2 Å². The summed E-state index contributed by atoms with van der Waals surface area (Å²) in [6.07, 6.45) is 0. The monoisotopic (exact) mass is 692 g/mol. The fourth-order valence-corrected chi connectivity index (χ4v) is 8.97. The van der Waals surface area contributed by atoms with Gasteiger partial charge in [-0.2, -0.15) is 0 Å². The SMILES string of the molecule is COc1ccc2sc(C(=O)OCC(C)(C)C(=O)C(C)(C)C)c(C)c2c1.COc1ccc2sc(C3=C(C(C)(C)C)C(C)(C)CO3)c(C)c2c1. The van der Waals surface area contributed by atoms with Crippen LogP contribution in [0.25, 0.3) is 25.9 Å². The van der Waals surface area contributed by atoms with Gasteiger partial charge >= 0.3 is 5.97 Å². The molecule has 2 aromatic heterocycles. The minimum atomic E-state index is -0.721. The highest BCUT2D eigenvalue weighted by molar-refractivity contribution is 7.21. The van der Waals surface area contributed by atoms with Gasteiger partial charge in [0.1, 0.15) is 34.5 Å². The molecule has 5 rings (SSSR count). The first-order valence-electron chi connectivity index (χ1n) is 16.4. The maximum atomic E-state index is 12.6. The molecule has 0 N–H and O–H groups in total. The first-order valence-corrected chi connectivity index (χ1v) is 18.0. The van der Waals surface area contributed by atoms with Gasteiger partial charge < -0.3 is 18.9 Å². The van der Waals surface area contributed by atoms with E-state index in [0.717, 1.165) is 39.5 Å². The van der Waals surface area contributed by atoms with Gasteiger partial charge in [-0.25, -0.2) is 4.79 Å². The third-order valence-electron chi connectivity index (χ3n) is 8.77. The Morgan fingerprint density at radius 1 is 0.812 bits per heavy atom. The smallest absolute Gasteiger partial charge is 0.348 e. The number of aryl methyl sites for hydroxylation is 2. The topological polar surface area (TPSA) is 71.1 Å². The van der Waals surface area contributed by atoms with Crippen molar-refractivity contribution in [3.63, 3.8) is 0 Å². The zero-order valence-electron chi connectivity index (χ0n) is 31.1. The second-order valence-electron chi connectivity index (χ2n) is 16.0. The van der Waals surface area contributed by atoms with E-state index in [2.05, 4.69) is 53.7 Å². The van der Waals surface area contributed by atoms with E-state index in [1.54, 1.807) is 14.2 Å². The van der Waals surface area contributed by atoms with Crippen molar-refractivity contribution < 1.29 is 28.5 Å². The standard InChI is InChI=1S/C20H26O4S.C20H26O2S/c1-12-14-10-13(23-7)8-9-15(14)25-16(12)17(21)24-11-20(5,6)18(22)19(2,3)4;1-12-14-10-13(21-7)8-9-15(14)23-17(12)16-18(19(2,3)4)20(5,6)11-22-16/h8-10H,11H2,1-7H3;8-10H,11H2,1-7H3. The number of carbonyl (C=O) groups is 2. The zero-order chi connectivity index (χ0) is 36.0. The number of esters is 1. The van der Waals surface area contributed by atoms with Gasteiger partial charge in [0.25, 0.3) is 0 Å². The van der Waals surface area contributed by atoms with Crippen molar-refractivity contribution in [2.75, 3.05) is 27.4 Å². The predicted molar refractivity (Wildman–Crippen MR) is 201 cm³/mol. The van der Waals surface area contributed by atoms with E-state index in [0.29, 0.717) is 4.88 Å². The number of fused-ring (bicyclic) bond motifs is 2. The Balaban J connectivity index is 0.000000217. The molecule has 0 radical (unpaired) electrons. The van der Waals surface area contributed by atoms with E-state index in [1.165, 1.54) is 37.4 Å². The molecule has 0 bridgehead atoms. The molecule has 0 saturated carbocycles. The Morgan fingerprint density at radius 2 is 1.33 bits per heavy atom. The highest BCUT2D eigenvalue weighted by Crippen LogP contribution is 2.52. The third-order valence-corrected chi connectivity index (χ3v) is 11.3. The van der Waals surface area contributed by atoms with Crippen molar-refractivity contribution in [3.05, 3.63) is 62.9 Å². The van der Waals surface area contributed by atoms with Crippen molar-refractivity contribution in [2.24, 2.45) is 21.7 Å². The largest absolute Gasteiger partial charge is 0.497 e. The average molecular weight is 693 g/mol. The lowest BCUT2D eigenvalue weighted by molar-refractivity contribution is -0.137. The minimum absolute atomic E-state index is 0.0684. The number of thiophene rings is 2. The Hall–Kier alpha value is -3.36. The summed E-state index contributed by atoms with van der Waals surface area (Å²) >= 11 is 3.22. The van der Waals surface area contributed by atoms with E-state index in [9.17, 15) is 9.59 Å². The Morgan fingerprint density at radius 3 is 1.83 bits per heavy atom. The lowest BCUT2D eigenvalue weighted by Gasteiger charge is -2.30. The number of hydrogen-bond acceptors (Lipinski definition) is 8. The van der Waals surface area contributed by atoms with Gasteiger partial charge in [0.2, 0.25) is 0 Å². The van der Waals surface area contributed by atoms with E-state index in [-0.39, 0.29) is 29.2 Å². The van der Waals surface area contributed by atoms with Crippen molar-refractivity contribution in [1.82, 2.24) is 0 Å². The van der Waals surface area contributed by atoms with Crippen molar-refractivity contribution in [1.29, 1.82) is 0 Å². The number of hydrogen-bond donors (Lipinski definition) is 0. The molecule has 1 aliphatic rings. The summed E-state index contributed by atoms with van der Waals surface area (Å²) < 4.78 is 24.6. The van der Waals surface area contributed by atoms with Gasteiger partial charge in [0.05, 0.1) is 31.1 Å². The van der Waals surface area contributed by atoms with Crippen LogP contribution in [0.1, 0.15) is 94.9 Å². The van der Waals surface area contributed by atoms with E-state index < -0.39 is 10.8 Å². The zero-order valence-corrected chi connectivity index (χ0v) is 32.8. The van der Waals surface area contributed by atoms with E-state index >= 15 is 0 Å². The predicted octanol–water partition coefficient (Wildman–Crippen LogP) is 11.0. The van der Waals surface area contributed by atoms with Crippen LogP contribution in [0, 0.1) is 35.5 Å². The molecule has 3 heterocycles. The number of carbonyl (C=O) groups excluding carboxylic acids is 2. The molecule has 0 atom stereocenters. The van der Waals surface area contributed by atoms with E-state index in [4.69, 9.17) is 18.9 Å². The molecular weight excluding hydrogens is 641 g/mol. The highest BCUT2D eigenvalue weighted by Gasteiger charge is 2.42. The van der Waals surface area contributed by atoms with Gasteiger partial charge in [-0.15, -0.1) is 22.7 Å². The lowest BCUT2D eigenvalue weighted by atomic mass is 9.71. The van der Waals surface area contributed by atoms with Crippen molar-refractivity contribution in [2.45, 2.75) is 83.1 Å². The van der Waals surface area contributed by atoms with Crippen LogP contribution in [-0.2, 0) is 14.3 Å². The summed E-state index contributed by atoms with van der Waals surface area (Å²) in [6, 6.07) is 12.0. The van der Waals surface area contributed by atoms with Crippen LogP contribution in [0.4, 0.5) is 0 Å². The summed E-state index contributed by atoms with van der Waals surface area (Å²) in [5.41, 5.74) is 2.57. The summed E-state index contributed by atoms with van der Waals surface area (Å²) in [5.74, 6) is 2.45. The normalized spacial score (nSPS) is 14.9. The molecule has 1 aliphatic heterocycles. The van der Waals surface area contributed by atoms with Crippen LogP contribution in [0.3, 0.4) is 0 Å². The maximum absolute atomic E-state index is 12.6. The third kappa shape index (κ3) is 7.60. The fourth-order valence-electron chi connectivity index (χ4n) is 6.70. The van der Waals surface area contributed by atoms with Gasteiger partial charge in [-0.3, -0.25) is 4.79 Å². The van der Waals surface area contributed by atoms with Gasteiger partial charge in [-0.1, -0.05) is 55.4 Å². The summed E-state index contributed by atoms with van der Waals surface area (Å²) in [7, 11) is 3.33. The van der Waals surface area contributed by atoms with Gasteiger partial charge in [-0.05, 0) is 97.0 Å². The average Bonchev–Trinajstić information content (AvgIpc) is 3.64. The van der Waals surface area contributed by atoms with Crippen LogP contribution >= 0.6 is 22.7 Å². The molecule has 260 valence electrons. The number of Topliss-reactive ketones (excluding diaryl/α,β-unsaturated/α-hetero) is 1. The fraction of sp³-hybridized carbons (Fsp3) is 0.500. The number of ketones is 1. The van der Waals surface area contributed by atoms with Crippen LogP contribution < -0.4 is 9.47 Å². The molecule has 4 aromatic rings. The molecule has 0 saturated heterocycles. The van der Waals surface area contributed by atoms with Crippen LogP contribution in [0.5, 0.6) is 11.5 Å². The second-order valence-corrected chi connectivity index (χ2v) is 18.1. The Kier molecular flexibility index (Phi) is 10.5. The summed E-state index contributed by atoms with van der Waals surface area (Å²) in [6.45, 7) is 25.6. The molecule has 8 heteroatoms. The highest BCUT2D eigenvalue weighted by atomic mass is 32.1. The molecule has 0 fully saturated rings. The Labute approximate surface area is 294 Å². The molecule has 0 unspecified atom stereocenters. The lowest BCUT2D eigenvalue weighted by Crippen LogP contribution is -2.38.